The zero-order valence-corrected chi connectivity index (χ0v) is 20.2. The van der Waals surface area contributed by atoms with Gasteiger partial charge in [0.25, 0.3) is 5.56 Å². The van der Waals surface area contributed by atoms with Crippen LogP contribution in [0.4, 0.5) is 5.69 Å². The molecule has 178 valence electrons. The lowest BCUT2D eigenvalue weighted by atomic mass is 10.1. The molecule has 0 spiro atoms. The van der Waals surface area contributed by atoms with Crippen molar-refractivity contribution >= 4 is 51.5 Å². The summed E-state index contributed by atoms with van der Waals surface area (Å²) in [5, 5.41) is 1.18. The van der Waals surface area contributed by atoms with E-state index < -0.39 is 11.2 Å². The quantitative estimate of drug-likeness (QED) is 0.558. The minimum absolute atomic E-state index is 0.0439. The van der Waals surface area contributed by atoms with Gasteiger partial charge in [0.05, 0.1) is 27.5 Å². The van der Waals surface area contributed by atoms with E-state index in [1.54, 1.807) is 42.2 Å². The highest BCUT2D eigenvalue weighted by molar-refractivity contribution is 6.42. The third kappa shape index (κ3) is 5.18. The molecule has 0 bridgehead atoms. The Bertz CT molecular complexity index is 1370. The molecule has 0 unspecified atom stereocenters. The van der Waals surface area contributed by atoms with E-state index in [4.69, 9.17) is 23.2 Å². The van der Waals surface area contributed by atoms with Gasteiger partial charge in [-0.1, -0.05) is 29.3 Å². The van der Waals surface area contributed by atoms with Gasteiger partial charge in [-0.15, -0.1) is 0 Å². The van der Waals surface area contributed by atoms with Crippen LogP contribution in [0.5, 0.6) is 0 Å². The number of aryl methyl sites for hydroxylation is 1. The van der Waals surface area contributed by atoms with Gasteiger partial charge in [0, 0.05) is 45.2 Å². The van der Waals surface area contributed by atoms with E-state index in [-0.39, 0.29) is 24.7 Å². The largest absolute Gasteiger partial charge is 0.368 e. The molecule has 1 amide bonds. The maximum atomic E-state index is 13.1. The van der Waals surface area contributed by atoms with Gasteiger partial charge in [0.15, 0.2) is 5.78 Å². The summed E-state index contributed by atoms with van der Waals surface area (Å²) in [6.07, 6.45) is 0.578. The Labute approximate surface area is 205 Å². The lowest BCUT2D eigenvalue weighted by Crippen LogP contribution is -2.48. The van der Waals surface area contributed by atoms with Crippen LogP contribution in [0.1, 0.15) is 18.9 Å². The van der Waals surface area contributed by atoms with Gasteiger partial charge in [-0.3, -0.25) is 19.0 Å². The Kier molecular flexibility index (Phi) is 7.09. The number of halogens is 2. The number of hydrogen-bond donors (Lipinski definition) is 1. The molecule has 0 saturated carbocycles. The van der Waals surface area contributed by atoms with Crippen LogP contribution in [-0.2, 0) is 22.6 Å². The lowest BCUT2D eigenvalue weighted by molar-refractivity contribution is -0.129. The highest BCUT2D eigenvalue weighted by atomic mass is 35.5. The standard InChI is InChI=1S/C24H24Cl2N4O4/c1-15(31)28-8-10-29(11-9-28)17-4-7-22-19(13-17)23(33)30(24(34)27-22)14-18(32)5-2-16-3-6-20(25)21(26)12-16/h3-4,6-7,12-13H,2,5,8-11,14H2,1H3,(H,27,34). The van der Waals surface area contributed by atoms with E-state index in [0.29, 0.717) is 53.5 Å². The summed E-state index contributed by atoms with van der Waals surface area (Å²) in [6.45, 7) is 3.75. The molecule has 34 heavy (non-hydrogen) atoms. The number of aromatic nitrogens is 2. The van der Waals surface area contributed by atoms with Crippen LogP contribution >= 0.6 is 23.2 Å². The van der Waals surface area contributed by atoms with E-state index in [2.05, 4.69) is 9.88 Å². The molecule has 4 rings (SSSR count). The molecular weight excluding hydrogens is 479 g/mol. The second kappa shape index (κ2) is 10.0. The maximum Gasteiger partial charge on any atom is 0.329 e. The number of nitrogens with zero attached hydrogens (tertiary/aromatic N) is 3. The topological polar surface area (TPSA) is 95.5 Å². The average molecular weight is 503 g/mol. The number of aromatic amines is 1. The van der Waals surface area contributed by atoms with Gasteiger partial charge in [-0.25, -0.2) is 4.79 Å². The highest BCUT2D eigenvalue weighted by Gasteiger charge is 2.20. The maximum absolute atomic E-state index is 13.1. The second-order valence-electron chi connectivity index (χ2n) is 8.33. The summed E-state index contributed by atoms with van der Waals surface area (Å²) in [6, 6.07) is 10.4. The third-order valence-electron chi connectivity index (χ3n) is 6.07. The fourth-order valence-corrected chi connectivity index (χ4v) is 4.41. The molecule has 0 radical (unpaired) electrons. The Balaban J connectivity index is 1.51. The molecule has 10 heteroatoms. The summed E-state index contributed by atoms with van der Waals surface area (Å²) in [7, 11) is 0. The molecule has 2 heterocycles. The first-order valence-electron chi connectivity index (χ1n) is 11.0. The molecule has 1 aliphatic rings. The normalized spacial score (nSPS) is 14.0. The van der Waals surface area contributed by atoms with Crippen molar-refractivity contribution < 1.29 is 9.59 Å². The van der Waals surface area contributed by atoms with Crippen LogP contribution in [-0.4, -0.2) is 52.3 Å². The molecule has 2 aromatic carbocycles. The average Bonchev–Trinajstić information content (AvgIpc) is 2.82. The van der Waals surface area contributed by atoms with Crippen LogP contribution < -0.4 is 16.1 Å². The van der Waals surface area contributed by atoms with Crippen molar-refractivity contribution in [1.29, 1.82) is 0 Å². The van der Waals surface area contributed by atoms with E-state index in [0.717, 1.165) is 15.8 Å². The van der Waals surface area contributed by atoms with Gasteiger partial charge in [0.2, 0.25) is 5.91 Å². The summed E-state index contributed by atoms with van der Waals surface area (Å²) in [5.41, 5.74) is 0.962. The first-order chi connectivity index (χ1) is 16.2. The zero-order valence-electron chi connectivity index (χ0n) is 18.6. The summed E-state index contributed by atoms with van der Waals surface area (Å²) in [5.74, 6) is -0.197. The van der Waals surface area contributed by atoms with Crippen molar-refractivity contribution in [2.75, 3.05) is 31.1 Å². The predicted octanol–water partition coefficient (Wildman–Crippen LogP) is 2.87. The number of hydrogen-bond acceptors (Lipinski definition) is 5. The van der Waals surface area contributed by atoms with Crippen LogP contribution in [0.15, 0.2) is 46.0 Å². The molecule has 1 N–H and O–H groups in total. The number of benzene rings is 2. The van der Waals surface area contributed by atoms with E-state index in [1.165, 1.54) is 0 Å². The first kappa shape index (κ1) is 24.0. The molecule has 1 aliphatic heterocycles. The Hall–Kier alpha value is -3.10. The van der Waals surface area contributed by atoms with Gasteiger partial charge >= 0.3 is 5.69 Å². The number of ketones is 1. The molecule has 1 fully saturated rings. The lowest BCUT2D eigenvalue weighted by Gasteiger charge is -2.35. The molecule has 8 nitrogen and oxygen atoms in total. The fraction of sp³-hybridized carbons (Fsp3) is 0.333. The number of Topliss-reactive ketones (excluding diaryl/α,β-unsaturated/α-hetero) is 1. The number of fused-ring (bicyclic) bond motifs is 1. The van der Waals surface area contributed by atoms with Crippen molar-refractivity contribution in [3.05, 3.63) is 72.8 Å². The molecular formula is C24H24Cl2N4O4. The van der Waals surface area contributed by atoms with Crippen LogP contribution in [0.25, 0.3) is 10.9 Å². The molecule has 1 aromatic heterocycles. The van der Waals surface area contributed by atoms with Crippen molar-refractivity contribution in [2.45, 2.75) is 26.3 Å². The summed E-state index contributed by atoms with van der Waals surface area (Å²) < 4.78 is 0.941. The summed E-state index contributed by atoms with van der Waals surface area (Å²) in [4.78, 5) is 56.3. The van der Waals surface area contributed by atoms with Gasteiger partial charge in [-0.05, 0) is 42.3 Å². The van der Waals surface area contributed by atoms with Crippen LogP contribution in [0.3, 0.4) is 0 Å². The first-order valence-corrected chi connectivity index (χ1v) is 11.7. The fourth-order valence-electron chi connectivity index (χ4n) is 4.09. The van der Waals surface area contributed by atoms with Crippen LogP contribution in [0, 0.1) is 0 Å². The number of rotatable bonds is 6. The van der Waals surface area contributed by atoms with Crippen molar-refractivity contribution in [1.82, 2.24) is 14.5 Å². The Morgan fingerprint density at radius 1 is 0.971 bits per heavy atom. The number of carbonyl (C=O) groups is 2. The monoisotopic (exact) mass is 502 g/mol. The molecule has 0 aliphatic carbocycles. The minimum atomic E-state index is -0.622. The van der Waals surface area contributed by atoms with E-state index in [1.807, 2.05) is 6.07 Å². The summed E-state index contributed by atoms with van der Waals surface area (Å²) >= 11 is 11.9. The zero-order chi connectivity index (χ0) is 24.4. The van der Waals surface area contributed by atoms with Crippen molar-refractivity contribution in [2.24, 2.45) is 0 Å². The number of piperazine rings is 1. The molecule has 3 aromatic rings. The van der Waals surface area contributed by atoms with Gasteiger partial charge in [-0.2, -0.15) is 0 Å². The Morgan fingerprint density at radius 2 is 1.71 bits per heavy atom. The van der Waals surface area contributed by atoms with Gasteiger partial charge < -0.3 is 14.8 Å². The third-order valence-corrected chi connectivity index (χ3v) is 6.81. The number of amides is 1. The van der Waals surface area contributed by atoms with E-state index >= 15 is 0 Å². The molecule has 0 atom stereocenters. The number of nitrogens with one attached hydrogen (secondary N) is 1. The molecule has 1 saturated heterocycles. The van der Waals surface area contributed by atoms with Gasteiger partial charge in [0.1, 0.15) is 0 Å². The second-order valence-corrected chi connectivity index (χ2v) is 9.15. The smallest absolute Gasteiger partial charge is 0.329 e. The predicted molar refractivity (Wildman–Crippen MR) is 133 cm³/mol. The minimum Gasteiger partial charge on any atom is -0.368 e. The van der Waals surface area contributed by atoms with Crippen LogP contribution in [0.2, 0.25) is 10.0 Å². The number of H-pyrrole nitrogens is 1. The van der Waals surface area contributed by atoms with Crippen molar-refractivity contribution in [3.63, 3.8) is 0 Å². The number of anilines is 1. The highest BCUT2D eigenvalue weighted by Crippen LogP contribution is 2.23. The Morgan fingerprint density at radius 3 is 2.38 bits per heavy atom. The van der Waals surface area contributed by atoms with Crippen molar-refractivity contribution in [3.8, 4) is 0 Å². The van der Waals surface area contributed by atoms with E-state index in [9.17, 15) is 19.2 Å². The number of carbonyl (C=O) groups excluding carboxylic acids is 2. The SMILES string of the molecule is CC(=O)N1CCN(c2ccc3[nH]c(=O)n(CC(=O)CCc4ccc(Cl)c(Cl)c4)c(=O)c3c2)CC1.